The highest BCUT2D eigenvalue weighted by Gasteiger charge is 1.84. The second-order valence-corrected chi connectivity index (χ2v) is 1.98. The molecule has 0 atom stereocenters. The van der Waals surface area contributed by atoms with Gasteiger partial charge < -0.3 is 0 Å². The predicted molar refractivity (Wildman–Crippen MR) is 58.5 cm³/mol. The summed E-state index contributed by atoms with van der Waals surface area (Å²) in [6.07, 6.45) is 0. The lowest BCUT2D eigenvalue weighted by Gasteiger charge is -1.88. The topological polar surface area (TPSA) is 23.8 Å². The van der Waals surface area contributed by atoms with Gasteiger partial charge in [-0.1, -0.05) is 31.5 Å². The van der Waals surface area contributed by atoms with E-state index >= 15 is 0 Å². The zero-order valence-corrected chi connectivity index (χ0v) is 8.67. The molecule has 1 nitrogen and oxygen atoms in total. The number of aryl methyl sites for hydroxylation is 1. The fourth-order valence-electron chi connectivity index (χ4n) is 0.628. The van der Waals surface area contributed by atoms with Crippen LogP contribution in [0.4, 0.5) is 0 Å². The Morgan fingerprint density at radius 3 is 1.77 bits per heavy atom. The Bertz CT molecular complexity index is 241. The quantitative estimate of drug-likeness (QED) is 0.551. The van der Waals surface area contributed by atoms with Crippen LogP contribution in [0.1, 0.15) is 25.0 Å². The smallest absolute Gasteiger partial charge is 0.0991 e. The summed E-state index contributed by atoms with van der Waals surface area (Å²) in [7, 11) is 0. The molecule has 0 aliphatic heterocycles. The zero-order chi connectivity index (χ0) is 10.7. The standard InChI is InChI=1S/C8H7N.C2H6.C2H4/c1-7-2-4-8(6-9)5-3-7;2*1-2/h2-5H,1H3;1-2H3;1-2H2. The maximum atomic E-state index is 8.38. The Labute approximate surface area is 81.3 Å². The number of hydrogen-bond acceptors (Lipinski definition) is 1. The fourth-order valence-corrected chi connectivity index (χ4v) is 0.628. The molecule has 0 saturated heterocycles. The second-order valence-electron chi connectivity index (χ2n) is 1.98. The van der Waals surface area contributed by atoms with Crippen LogP contribution in [-0.4, -0.2) is 0 Å². The fraction of sp³-hybridized carbons (Fsp3) is 0.250. The van der Waals surface area contributed by atoms with Crippen LogP contribution in [0.5, 0.6) is 0 Å². The number of hydrogen-bond donors (Lipinski definition) is 0. The second kappa shape index (κ2) is 10.4. The van der Waals surface area contributed by atoms with Gasteiger partial charge in [0, 0.05) is 0 Å². The van der Waals surface area contributed by atoms with Crippen LogP contribution in [0.3, 0.4) is 0 Å². The van der Waals surface area contributed by atoms with Crippen molar-refractivity contribution in [1.29, 1.82) is 5.26 Å². The molecule has 0 amide bonds. The molecule has 0 unspecified atom stereocenters. The molecule has 70 valence electrons. The predicted octanol–water partition coefficient (Wildman–Crippen LogP) is 3.70. The van der Waals surface area contributed by atoms with E-state index < -0.39 is 0 Å². The van der Waals surface area contributed by atoms with Gasteiger partial charge in [-0.05, 0) is 19.1 Å². The third-order valence-electron chi connectivity index (χ3n) is 1.18. The van der Waals surface area contributed by atoms with Crippen molar-refractivity contribution < 1.29 is 0 Å². The summed E-state index contributed by atoms with van der Waals surface area (Å²) in [5.41, 5.74) is 1.91. The summed E-state index contributed by atoms with van der Waals surface area (Å²) < 4.78 is 0. The highest BCUT2D eigenvalue weighted by atomic mass is 14.2. The summed E-state index contributed by atoms with van der Waals surface area (Å²) in [6, 6.07) is 9.54. The molecule has 0 heterocycles. The van der Waals surface area contributed by atoms with E-state index in [9.17, 15) is 0 Å². The molecule has 0 spiro atoms. The van der Waals surface area contributed by atoms with Gasteiger partial charge in [0.15, 0.2) is 0 Å². The Morgan fingerprint density at radius 2 is 1.46 bits per heavy atom. The first kappa shape index (κ1) is 14.0. The molecular formula is C12H17N. The third-order valence-corrected chi connectivity index (χ3v) is 1.18. The summed E-state index contributed by atoms with van der Waals surface area (Å²) in [6.45, 7) is 12.0. The minimum absolute atomic E-state index is 0.723. The van der Waals surface area contributed by atoms with E-state index in [1.165, 1.54) is 5.56 Å². The van der Waals surface area contributed by atoms with Gasteiger partial charge >= 0.3 is 0 Å². The van der Waals surface area contributed by atoms with E-state index in [0.717, 1.165) is 5.56 Å². The molecule has 0 saturated carbocycles. The maximum absolute atomic E-state index is 8.38. The average Bonchev–Trinajstić information content (AvgIpc) is 2.25. The molecule has 13 heavy (non-hydrogen) atoms. The van der Waals surface area contributed by atoms with Crippen LogP contribution in [0.2, 0.25) is 0 Å². The molecule has 0 aromatic heterocycles. The van der Waals surface area contributed by atoms with Gasteiger partial charge in [0.1, 0.15) is 0 Å². The van der Waals surface area contributed by atoms with Crippen molar-refractivity contribution in [3.63, 3.8) is 0 Å². The van der Waals surface area contributed by atoms with Crippen molar-refractivity contribution in [2.45, 2.75) is 20.8 Å². The first-order valence-electron chi connectivity index (χ1n) is 4.29. The average molecular weight is 175 g/mol. The van der Waals surface area contributed by atoms with Gasteiger partial charge in [0.25, 0.3) is 0 Å². The van der Waals surface area contributed by atoms with Gasteiger partial charge in [-0.15, -0.1) is 13.2 Å². The van der Waals surface area contributed by atoms with Gasteiger partial charge in [-0.2, -0.15) is 5.26 Å². The molecule has 0 bridgehead atoms. The van der Waals surface area contributed by atoms with Gasteiger partial charge in [-0.25, -0.2) is 0 Å². The molecule has 1 heteroatoms. The lowest BCUT2D eigenvalue weighted by molar-refractivity contribution is 1.43. The van der Waals surface area contributed by atoms with E-state index in [4.69, 9.17) is 5.26 Å². The third kappa shape index (κ3) is 6.83. The number of nitriles is 1. The largest absolute Gasteiger partial charge is 0.192 e. The van der Waals surface area contributed by atoms with Crippen molar-refractivity contribution in [3.05, 3.63) is 48.6 Å². The summed E-state index contributed by atoms with van der Waals surface area (Å²) >= 11 is 0. The highest BCUT2D eigenvalue weighted by molar-refractivity contribution is 5.30. The molecule has 0 aliphatic rings. The monoisotopic (exact) mass is 175 g/mol. The lowest BCUT2D eigenvalue weighted by atomic mass is 10.2. The van der Waals surface area contributed by atoms with E-state index in [0.29, 0.717) is 0 Å². The van der Waals surface area contributed by atoms with E-state index in [1.807, 2.05) is 45.0 Å². The van der Waals surface area contributed by atoms with E-state index in [1.54, 1.807) is 0 Å². The Balaban J connectivity index is 0. The van der Waals surface area contributed by atoms with Crippen molar-refractivity contribution in [1.82, 2.24) is 0 Å². The van der Waals surface area contributed by atoms with Crippen molar-refractivity contribution >= 4 is 0 Å². The van der Waals surface area contributed by atoms with Gasteiger partial charge in [0.05, 0.1) is 11.6 Å². The molecule has 0 fully saturated rings. The summed E-state index contributed by atoms with van der Waals surface area (Å²) in [5.74, 6) is 0. The first-order valence-corrected chi connectivity index (χ1v) is 4.29. The van der Waals surface area contributed by atoms with Crippen LogP contribution in [-0.2, 0) is 0 Å². The van der Waals surface area contributed by atoms with Crippen LogP contribution in [0, 0.1) is 18.3 Å². The summed E-state index contributed by atoms with van der Waals surface area (Å²) in [5, 5.41) is 8.38. The summed E-state index contributed by atoms with van der Waals surface area (Å²) in [4.78, 5) is 0. The minimum Gasteiger partial charge on any atom is -0.192 e. The lowest BCUT2D eigenvalue weighted by Crippen LogP contribution is -1.72. The molecule has 0 N–H and O–H groups in total. The van der Waals surface area contributed by atoms with Gasteiger partial charge in [0.2, 0.25) is 0 Å². The Morgan fingerprint density at radius 1 is 1.08 bits per heavy atom. The van der Waals surface area contributed by atoms with Crippen LogP contribution in [0.15, 0.2) is 37.4 Å². The van der Waals surface area contributed by atoms with Crippen LogP contribution in [0.25, 0.3) is 0 Å². The molecule has 0 radical (unpaired) electrons. The van der Waals surface area contributed by atoms with Crippen molar-refractivity contribution in [2.24, 2.45) is 0 Å². The molecule has 1 aromatic carbocycles. The number of rotatable bonds is 0. The SMILES string of the molecule is C=C.CC.Cc1ccc(C#N)cc1. The number of benzene rings is 1. The minimum atomic E-state index is 0.723. The Kier molecular flexibility index (Phi) is 11.3. The molecule has 0 aliphatic carbocycles. The molecular weight excluding hydrogens is 158 g/mol. The maximum Gasteiger partial charge on any atom is 0.0991 e. The van der Waals surface area contributed by atoms with E-state index in [2.05, 4.69) is 19.2 Å². The van der Waals surface area contributed by atoms with Crippen molar-refractivity contribution in [3.8, 4) is 6.07 Å². The van der Waals surface area contributed by atoms with Crippen LogP contribution < -0.4 is 0 Å². The normalized spacial score (nSPS) is 6.62. The highest BCUT2D eigenvalue weighted by Crippen LogP contribution is 1.99. The molecule has 1 rings (SSSR count). The van der Waals surface area contributed by atoms with Crippen molar-refractivity contribution in [2.75, 3.05) is 0 Å². The number of nitrogens with zero attached hydrogens (tertiary/aromatic N) is 1. The van der Waals surface area contributed by atoms with Gasteiger partial charge in [-0.3, -0.25) is 0 Å². The Hall–Kier alpha value is -1.55. The zero-order valence-electron chi connectivity index (χ0n) is 8.67. The first-order chi connectivity index (χ1) is 6.33. The molecule has 1 aromatic rings. The van der Waals surface area contributed by atoms with E-state index in [-0.39, 0.29) is 0 Å². The van der Waals surface area contributed by atoms with Crippen LogP contribution >= 0.6 is 0 Å².